The van der Waals surface area contributed by atoms with Crippen LogP contribution in [0.4, 0.5) is 0 Å². The molecule has 122 valence electrons. The second-order valence-corrected chi connectivity index (χ2v) is 6.78. The fraction of sp³-hybridized carbons (Fsp3) is 0.438. The SMILES string of the molecule is CCn1nncc1C(=O)NC1(Cc2ccc(Cl)cc2Cl)CCC1. The van der Waals surface area contributed by atoms with Crippen molar-refractivity contribution in [3.8, 4) is 0 Å². The molecule has 0 aliphatic heterocycles. The highest BCUT2D eigenvalue weighted by atomic mass is 35.5. The van der Waals surface area contributed by atoms with Crippen molar-refractivity contribution in [2.24, 2.45) is 0 Å². The smallest absolute Gasteiger partial charge is 0.271 e. The first-order valence-electron chi connectivity index (χ1n) is 7.68. The second-order valence-electron chi connectivity index (χ2n) is 5.94. The minimum Gasteiger partial charge on any atom is -0.345 e. The van der Waals surface area contributed by atoms with Gasteiger partial charge in [-0.3, -0.25) is 4.79 Å². The van der Waals surface area contributed by atoms with E-state index in [4.69, 9.17) is 23.2 Å². The van der Waals surface area contributed by atoms with Gasteiger partial charge in [0.05, 0.1) is 6.20 Å². The van der Waals surface area contributed by atoms with Crippen molar-refractivity contribution in [3.63, 3.8) is 0 Å². The van der Waals surface area contributed by atoms with Gasteiger partial charge < -0.3 is 5.32 Å². The monoisotopic (exact) mass is 352 g/mol. The number of hydrogen-bond donors (Lipinski definition) is 1. The van der Waals surface area contributed by atoms with Crippen molar-refractivity contribution in [1.82, 2.24) is 20.3 Å². The summed E-state index contributed by atoms with van der Waals surface area (Å²) in [7, 11) is 0. The molecule has 2 aromatic rings. The van der Waals surface area contributed by atoms with Gasteiger partial charge in [-0.25, -0.2) is 4.68 Å². The highest BCUT2D eigenvalue weighted by molar-refractivity contribution is 6.35. The molecule has 7 heteroatoms. The van der Waals surface area contributed by atoms with E-state index in [1.54, 1.807) is 10.7 Å². The summed E-state index contributed by atoms with van der Waals surface area (Å²) in [6, 6.07) is 5.49. The van der Waals surface area contributed by atoms with Crippen molar-refractivity contribution >= 4 is 29.1 Å². The molecule has 0 radical (unpaired) electrons. The van der Waals surface area contributed by atoms with E-state index >= 15 is 0 Å². The van der Waals surface area contributed by atoms with E-state index in [1.165, 1.54) is 6.20 Å². The Balaban J connectivity index is 1.77. The quantitative estimate of drug-likeness (QED) is 0.895. The summed E-state index contributed by atoms with van der Waals surface area (Å²) in [5.74, 6) is -0.137. The number of aromatic nitrogens is 3. The van der Waals surface area contributed by atoms with Crippen molar-refractivity contribution < 1.29 is 4.79 Å². The summed E-state index contributed by atoms with van der Waals surface area (Å²) in [5, 5.41) is 12.1. The third-order valence-corrected chi connectivity index (χ3v) is 4.97. The third-order valence-electron chi connectivity index (χ3n) is 4.38. The van der Waals surface area contributed by atoms with Crippen molar-refractivity contribution in [2.75, 3.05) is 0 Å². The van der Waals surface area contributed by atoms with E-state index in [1.807, 2.05) is 19.1 Å². The number of rotatable bonds is 5. The Labute approximate surface area is 145 Å². The van der Waals surface area contributed by atoms with Gasteiger partial charge in [-0.2, -0.15) is 0 Å². The first-order valence-corrected chi connectivity index (χ1v) is 8.43. The molecule has 0 bridgehead atoms. The first-order chi connectivity index (χ1) is 11.0. The highest BCUT2D eigenvalue weighted by Crippen LogP contribution is 2.37. The zero-order valence-electron chi connectivity index (χ0n) is 12.9. The molecule has 1 saturated carbocycles. The van der Waals surface area contributed by atoms with Crippen LogP contribution in [0.1, 0.15) is 42.2 Å². The minimum absolute atomic E-state index is 0.137. The maximum absolute atomic E-state index is 12.6. The molecule has 1 aliphatic carbocycles. The van der Waals surface area contributed by atoms with Gasteiger partial charge in [-0.15, -0.1) is 5.10 Å². The summed E-state index contributed by atoms with van der Waals surface area (Å²) in [4.78, 5) is 12.6. The van der Waals surface area contributed by atoms with Gasteiger partial charge in [0.25, 0.3) is 5.91 Å². The van der Waals surface area contributed by atoms with E-state index in [0.29, 0.717) is 28.7 Å². The highest BCUT2D eigenvalue weighted by Gasteiger charge is 2.39. The zero-order chi connectivity index (χ0) is 16.4. The van der Waals surface area contributed by atoms with E-state index < -0.39 is 0 Å². The Hall–Kier alpha value is -1.59. The summed E-state index contributed by atoms with van der Waals surface area (Å²) >= 11 is 12.2. The van der Waals surface area contributed by atoms with Crippen LogP contribution in [0.3, 0.4) is 0 Å². The first kappa shape index (κ1) is 16.3. The largest absolute Gasteiger partial charge is 0.345 e. The number of carbonyl (C=O) groups is 1. The van der Waals surface area contributed by atoms with Gasteiger partial charge >= 0.3 is 0 Å². The summed E-state index contributed by atoms with van der Waals surface area (Å²) in [6.45, 7) is 2.54. The third kappa shape index (κ3) is 3.35. The summed E-state index contributed by atoms with van der Waals surface area (Å²) in [5.41, 5.74) is 1.23. The molecular formula is C16H18Cl2N4O. The predicted octanol–water partition coefficient (Wildman–Crippen LogP) is 3.50. The molecule has 0 spiro atoms. The Morgan fingerprint density at radius 3 is 2.78 bits per heavy atom. The number of amides is 1. The summed E-state index contributed by atoms with van der Waals surface area (Å²) < 4.78 is 1.59. The fourth-order valence-electron chi connectivity index (χ4n) is 2.95. The van der Waals surface area contributed by atoms with Crippen molar-refractivity contribution in [1.29, 1.82) is 0 Å². The van der Waals surface area contributed by atoms with Crippen LogP contribution in [-0.4, -0.2) is 26.4 Å². The molecule has 1 N–H and O–H groups in total. The maximum Gasteiger partial charge on any atom is 0.271 e. The topological polar surface area (TPSA) is 59.8 Å². The van der Waals surface area contributed by atoms with Crippen LogP contribution in [0, 0.1) is 0 Å². The molecule has 1 amide bonds. The lowest BCUT2D eigenvalue weighted by molar-refractivity contribution is 0.0816. The average molecular weight is 353 g/mol. The average Bonchev–Trinajstić information content (AvgIpc) is 2.96. The van der Waals surface area contributed by atoms with E-state index in [2.05, 4.69) is 15.6 Å². The normalized spacial score (nSPS) is 16.0. The maximum atomic E-state index is 12.6. The number of carbonyl (C=O) groups excluding carboxylic acids is 1. The zero-order valence-corrected chi connectivity index (χ0v) is 14.4. The standard InChI is InChI=1S/C16H18Cl2N4O/c1-2-22-14(10-19-21-22)15(23)20-16(6-3-7-16)9-11-4-5-12(17)8-13(11)18/h4-5,8,10H,2-3,6-7,9H2,1H3,(H,20,23). The molecule has 1 aliphatic rings. The number of halogens is 2. The number of hydrogen-bond acceptors (Lipinski definition) is 3. The van der Waals surface area contributed by atoms with E-state index in [0.717, 1.165) is 24.8 Å². The number of nitrogens with zero attached hydrogens (tertiary/aromatic N) is 3. The predicted molar refractivity (Wildman–Crippen MR) is 89.9 cm³/mol. The molecule has 0 atom stereocenters. The molecule has 1 fully saturated rings. The van der Waals surface area contributed by atoms with Gasteiger partial charge in [0.1, 0.15) is 5.69 Å². The van der Waals surface area contributed by atoms with Gasteiger partial charge in [-0.1, -0.05) is 34.5 Å². The van der Waals surface area contributed by atoms with Crippen molar-refractivity contribution in [2.45, 2.75) is 44.7 Å². The number of aryl methyl sites for hydroxylation is 1. The molecule has 3 rings (SSSR count). The van der Waals surface area contributed by atoms with Crippen molar-refractivity contribution in [3.05, 3.63) is 45.7 Å². The lowest BCUT2D eigenvalue weighted by Crippen LogP contribution is -2.55. The van der Waals surface area contributed by atoms with Crippen LogP contribution in [0.5, 0.6) is 0 Å². The molecule has 1 heterocycles. The number of benzene rings is 1. The molecule has 1 aromatic heterocycles. The van der Waals surface area contributed by atoms with Gasteiger partial charge in [0, 0.05) is 22.1 Å². The van der Waals surface area contributed by atoms with Crippen LogP contribution in [0.25, 0.3) is 0 Å². The molecule has 5 nitrogen and oxygen atoms in total. The van der Waals surface area contributed by atoms with Gasteiger partial charge in [0.2, 0.25) is 0 Å². The van der Waals surface area contributed by atoms with Gasteiger partial charge in [0.15, 0.2) is 0 Å². The molecule has 0 unspecified atom stereocenters. The summed E-state index contributed by atoms with van der Waals surface area (Å²) in [6.07, 6.45) is 5.16. The Morgan fingerprint density at radius 2 is 2.17 bits per heavy atom. The number of nitrogens with one attached hydrogen (secondary N) is 1. The molecule has 0 saturated heterocycles. The minimum atomic E-state index is -0.253. The lowest BCUT2D eigenvalue weighted by atomic mass is 9.72. The Kier molecular flexibility index (Phi) is 4.60. The lowest BCUT2D eigenvalue weighted by Gasteiger charge is -2.43. The molecule has 1 aromatic carbocycles. The van der Waals surface area contributed by atoms with Crippen LogP contribution < -0.4 is 5.32 Å². The van der Waals surface area contributed by atoms with Crippen LogP contribution in [0.15, 0.2) is 24.4 Å². The van der Waals surface area contributed by atoms with E-state index in [9.17, 15) is 4.79 Å². The molecular weight excluding hydrogens is 335 g/mol. The second kappa shape index (κ2) is 6.49. The van der Waals surface area contributed by atoms with E-state index in [-0.39, 0.29) is 11.4 Å². The van der Waals surface area contributed by atoms with Gasteiger partial charge in [-0.05, 0) is 50.3 Å². The van der Waals surface area contributed by atoms with Crippen LogP contribution in [0.2, 0.25) is 10.0 Å². The Bertz CT molecular complexity index is 725. The van der Waals surface area contributed by atoms with Crippen LogP contribution in [-0.2, 0) is 13.0 Å². The Morgan fingerprint density at radius 1 is 1.39 bits per heavy atom. The van der Waals surface area contributed by atoms with Crippen LogP contribution >= 0.6 is 23.2 Å². The fourth-order valence-corrected chi connectivity index (χ4v) is 3.43. The molecule has 23 heavy (non-hydrogen) atoms.